The van der Waals surface area contributed by atoms with Gasteiger partial charge in [-0.3, -0.25) is 4.79 Å². The minimum absolute atomic E-state index is 0.0300. The van der Waals surface area contributed by atoms with Crippen LogP contribution in [0.25, 0.3) is 22.1 Å². The first-order valence-electron chi connectivity index (χ1n) is 9.76. The largest absolute Gasteiger partial charge is 0.488 e. The Balaban J connectivity index is 1.81. The molecule has 0 saturated heterocycles. The van der Waals surface area contributed by atoms with Crippen molar-refractivity contribution in [2.24, 2.45) is 0 Å². The molecular formula is C26H24O3. The molecule has 0 spiro atoms. The van der Waals surface area contributed by atoms with Crippen LogP contribution in [-0.2, 0) is 12.0 Å². The second-order valence-electron chi connectivity index (χ2n) is 8.21. The van der Waals surface area contributed by atoms with E-state index in [-0.39, 0.29) is 10.8 Å². The van der Waals surface area contributed by atoms with Crippen LogP contribution >= 0.6 is 0 Å². The monoisotopic (exact) mass is 384 g/mol. The summed E-state index contributed by atoms with van der Waals surface area (Å²) in [5.41, 5.74) is 3.81. The maximum absolute atomic E-state index is 13.2. The van der Waals surface area contributed by atoms with Gasteiger partial charge in [-0.05, 0) is 22.6 Å². The quantitative estimate of drug-likeness (QED) is 0.412. The van der Waals surface area contributed by atoms with Crippen molar-refractivity contribution in [3.63, 3.8) is 0 Å². The van der Waals surface area contributed by atoms with Gasteiger partial charge in [-0.2, -0.15) is 0 Å². The van der Waals surface area contributed by atoms with Crippen LogP contribution in [0.2, 0.25) is 0 Å². The Morgan fingerprint density at radius 3 is 2.21 bits per heavy atom. The minimum Gasteiger partial charge on any atom is -0.488 e. The molecule has 0 aliphatic carbocycles. The predicted molar refractivity (Wildman–Crippen MR) is 117 cm³/mol. The Morgan fingerprint density at radius 2 is 1.55 bits per heavy atom. The van der Waals surface area contributed by atoms with Crippen molar-refractivity contribution in [3.8, 4) is 16.9 Å². The summed E-state index contributed by atoms with van der Waals surface area (Å²) in [6.07, 6.45) is 1.54. The summed E-state index contributed by atoms with van der Waals surface area (Å²) in [5.74, 6) is 0.740. The van der Waals surface area contributed by atoms with Crippen LogP contribution in [0.15, 0.2) is 88.3 Å². The van der Waals surface area contributed by atoms with Gasteiger partial charge >= 0.3 is 0 Å². The van der Waals surface area contributed by atoms with E-state index in [0.717, 1.165) is 22.4 Å². The van der Waals surface area contributed by atoms with E-state index in [4.69, 9.17) is 9.15 Å². The zero-order valence-corrected chi connectivity index (χ0v) is 16.9. The van der Waals surface area contributed by atoms with E-state index in [1.165, 1.54) is 6.26 Å². The van der Waals surface area contributed by atoms with Gasteiger partial charge in [0.15, 0.2) is 0 Å². The normalized spacial score (nSPS) is 11.6. The van der Waals surface area contributed by atoms with Gasteiger partial charge in [-0.1, -0.05) is 81.4 Å². The van der Waals surface area contributed by atoms with Crippen molar-refractivity contribution in [1.82, 2.24) is 0 Å². The highest BCUT2D eigenvalue weighted by molar-refractivity contribution is 5.84. The molecule has 0 aliphatic heterocycles. The fraction of sp³-hybridized carbons (Fsp3) is 0.192. The third-order valence-corrected chi connectivity index (χ3v) is 5.00. The molecule has 4 aromatic rings. The molecule has 29 heavy (non-hydrogen) atoms. The van der Waals surface area contributed by atoms with Crippen LogP contribution in [0.5, 0.6) is 5.75 Å². The summed E-state index contributed by atoms with van der Waals surface area (Å²) < 4.78 is 12.0. The number of fused-ring (bicyclic) bond motifs is 1. The molecule has 0 saturated carbocycles. The molecule has 1 heterocycles. The molecule has 146 valence electrons. The van der Waals surface area contributed by atoms with Crippen LogP contribution in [-0.4, -0.2) is 0 Å². The molecule has 0 N–H and O–H groups in total. The number of hydrogen-bond acceptors (Lipinski definition) is 3. The molecule has 0 radical (unpaired) electrons. The highest BCUT2D eigenvalue weighted by Gasteiger charge is 2.22. The number of benzene rings is 3. The van der Waals surface area contributed by atoms with Crippen LogP contribution in [0.1, 0.15) is 31.9 Å². The fourth-order valence-corrected chi connectivity index (χ4v) is 3.41. The van der Waals surface area contributed by atoms with Crippen molar-refractivity contribution in [1.29, 1.82) is 0 Å². The van der Waals surface area contributed by atoms with Crippen molar-refractivity contribution < 1.29 is 9.15 Å². The first-order valence-corrected chi connectivity index (χ1v) is 9.76. The molecular weight excluding hydrogens is 360 g/mol. The molecule has 3 nitrogen and oxygen atoms in total. The zero-order chi connectivity index (χ0) is 20.4. The maximum Gasteiger partial charge on any atom is 0.200 e. The van der Waals surface area contributed by atoms with E-state index >= 15 is 0 Å². The third-order valence-electron chi connectivity index (χ3n) is 5.00. The van der Waals surface area contributed by atoms with Gasteiger partial charge in [0.25, 0.3) is 0 Å². The summed E-state index contributed by atoms with van der Waals surface area (Å²) in [5, 5.41) is 0.573. The molecule has 4 rings (SSSR count). The topological polar surface area (TPSA) is 39.4 Å². The van der Waals surface area contributed by atoms with E-state index in [1.807, 2.05) is 72.8 Å². The molecule has 0 bridgehead atoms. The van der Waals surface area contributed by atoms with E-state index in [9.17, 15) is 4.79 Å². The lowest BCUT2D eigenvalue weighted by molar-refractivity contribution is 0.297. The average molecular weight is 384 g/mol. The number of ether oxygens (including phenoxy) is 1. The molecule has 3 aromatic carbocycles. The molecule has 3 heteroatoms. The molecule has 1 aromatic heterocycles. The second kappa shape index (κ2) is 7.59. The zero-order valence-electron chi connectivity index (χ0n) is 16.9. The van der Waals surface area contributed by atoms with E-state index in [2.05, 4.69) is 20.8 Å². The van der Waals surface area contributed by atoms with Crippen molar-refractivity contribution in [3.05, 3.63) is 100 Å². The van der Waals surface area contributed by atoms with E-state index < -0.39 is 0 Å². The lowest BCUT2D eigenvalue weighted by Crippen LogP contribution is -2.15. The molecule has 0 aliphatic rings. The van der Waals surface area contributed by atoms with Gasteiger partial charge in [0, 0.05) is 11.6 Å². The minimum atomic E-state index is -0.185. The summed E-state index contributed by atoms with van der Waals surface area (Å²) in [6.45, 7) is 6.81. The van der Waals surface area contributed by atoms with Crippen molar-refractivity contribution in [2.45, 2.75) is 32.8 Å². The second-order valence-corrected chi connectivity index (χ2v) is 8.21. The number of rotatable bonds is 4. The molecule has 0 fully saturated rings. The van der Waals surface area contributed by atoms with E-state index in [0.29, 0.717) is 23.1 Å². The van der Waals surface area contributed by atoms with Crippen LogP contribution in [0.3, 0.4) is 0 Å². The lowest BCUT2D eigenvalue weighted by atomic mass is 9.85. The Morgan fingerprint density at radius 1 is 0.897 bits per heavy atom. The summed E-state index contributed by atoms with van der Waals surface area (Å²) >= 11 is 0. The van der Waals surface area contributed by atoms with Gasteiger partial charge < -0.3 is 9.15 Å². The standard InChI is InChI=1S/C26H24O3/c1-26(2,3)22-14-20-23(15-24(22)28-16-18-10-6-4-7-11-18)29-17-21(25(20)27)19-12-8-5-9-13-19/h4-15,17H,16H2,1-3H3. The third kappa shape index (κ3) is 3.95. The SMILES string of the molecule is CC(C)(C)c1cc2c(=O)c(-c3ccccc3)coc2cc1OCc1ccccc1. The van der Waals surface area contributed by atoms with Gasteiger partial charge in [-0.15, -0.1) is 0 Å². The first kappa shape index (κ1) is 19.0. The van der Waals surface area contributed by atoms with Crippen LogP contribution < -0.4 is 10.2 Å². The fourth-order valence-electron chi connectivity index (χ4n) is 3.41. The predicted octanol–water partition coefficient (Wildman–Crippen LogP) is 6.34. The van der Waals surface area contributed by atoms with Crippen molar-refractivity contribution in [2.75, 3.05) is 0 Å². The maximum atomic E-state index is 13.2. The highest BCUT2D eigenvalue weighted by Crippen LogP contribution is 2.35. The van der Waals surface area contributed by atoms with Crippen LogP contribution in [0.4, 0.5) is 0 Å². The summed E-state index contributed by atoms with van der Waals surface area (Å²) in [7, 11) is 0. The summed E-state index contributed by atoms with van der Waals surface area (Å²) in [4.78, 5) is 13.2. The van der Waals surface area contributed by atoms with Crippen molar-refractivity contribution >= 4 is 11.0 Å². The van der Waals surface area contributed by atoms with Gasteiger partial charge in [0.05, 0.1) is 10.9 Å². The van der Waals surface area contributed by atoms with Crippen LogP contribution in [0, 0.1) is 0 Å². The summed E-state index contributed by atoms with van der Waals surface area (Å²) in [6, 6.07) is 23.4. The van der Waals surface area contributed by atoms with Gasteiger partial charge in [0.2, 0.25) is 5.43 Å². The molecule has 0 amide bonds. The molecule has 0 atom stereocenters. The Labute approximate surface area is 170 Å². The lowest BCUT2D eigenvalue weighted by Gasteiger charge is -2.23. The Kier molecular flexibility index (Phi) is 4.98. The van der Waals surface area contributed by atoms with Gasteiger partial charge in [0.1, 0.15) is 24.2 Å². The number of hydrogen-bond donors (Lipinski definition) is 0. The van der Waals surface area contributed by atoms with Gasteiger partial charge in [-0.25, -0.2) is 0 Å². The first-order chi connectivity index (χ1) is 13.9. The van der Waals surface area contributed by atoms with E-state index in [1.54, 1.807) is 0 Å². The smallest absolute Gasteiger partial charge is 0.200 e. The Hall–Kier alpha value is -3.33. The Bertz CT molecular complexity index is 1180. The average Bonchev–Trinajstić information content (AvgIpc) is 2.73. The molecule has 0 unspecified atom stereocenters. The highest BCUT2D eigenvalue weighted by atomic mass is 16.5.